The molecule has 0 heterocycles. The second kappa shape index (κ2) is 4.12. The second-order valence-electron chi connectivity index (χ2n) is 1.05. The SMILES string of the molecule is [2H]/C(=C/C([2H])=C/C)C(=O)O. The van der Waals surface area contributed by atoms with Crippen molar-refractivity contribution in [3.63, 3.8) is 0 Å². The molecule has 0 bridgehead atoms. The minimum Gasteiger partial charge on any atom is -0.478 e. The standard InChI is InChI=1S/C6H8O2/c1-2-3-4-5-6(7)8/h2-5H,1H3,(H,7,8)/b3-2+,5-4-/i3D,5D. The van der Waals surface area contributed by atoms with Crippen LogP contribution in [0.4, 0.5) is 0 Å². The highest BCUT2D eigenvalue weighted by Gasteiger charge is 1.78. The molecule has 8 heavy (non-hydrogen) atoms. The quantitative estimate of drug-likeness (QED) is 0.432. The Bertz CT molecular complexity index is 194. The number of carboxylic acid groups (broad SMARTS) is 1. The minimum absolute atomic E-state index is 0.0346. The van der Waals surface area contributed by atoms with E-state index < -0.39 is 12.0 Å². The molecule has 0 aromatic rings. The van der Waals surface area contributed by atoms with Gasteiger partial charge in [-0.15, -0.1) is 0 Å². The average Bonchev–Trinajstić information content (AvgIpc) is 1.87. The van der Waals surface area contributed by atoms with Crippen molar-refractivity contribution >= 4 is 5.97 Å². The topological polar surface area (TPSA) is 37.3 Å². The zero-order chi connectivity index (χ0) is 8.15. The summed E-state index contributed by atoms with van der Waals surface area (Å²) in [4.78, 5) is 9.98. The van der Waals surface area contributed by atoms with Crippen LogP contribution in [0.25, 0.3) is 0 Å². The van der Waals surface area contributed by atoms with Crippen molar-refractivity contribution in [1.29, 1.82) is 0 Å². The fourth-order valence-electron chi connectivity index (χ4n) is 0.187. The smallest absolute Gasteiger partial charge is 0.328 e. The highest BCUT2D eigenvalue weighted by molar-refractivity contribution is 5.80. The molecule has 0 unspecified atom stereocenters. The van der Waals surface area contributed by atoms with Crippen LogP contribution in [-0.2, 0) is 4.79 Å². The number of hydrogen-bond donors (Lipinski definition) is 1. The highest BCUT2D eigenvalue weighted by Crippen LogP contribution is 1.74. The summed E-state index contributed by atoms with van der Waals surface area (Å²) in [6.07, 6.45) is 2.39. The van der Waals surface area contributed by atoms with Gasteiger partial charge in [0.25, 0.3) is 0 Å². The van der Waals surface area contributed by atoms with Gasteiger partial charge in [-0.1, -0.05) is 18.2 Å². The summed E-state index contributed by atoms with van der Waals surface area (Å²) in [5.41, 5.74) is 0. The van der Waals surface area contributed by atoms with Crippen molar-refractivity contribution in [2.45, 2.75) is 6.92 Å². The normalized spacial score (nSPS) is 17.1. The summed E-state index contributed by atoms with van der Waals surface area (Å²) in [6.45, 7) is 1.61. The molecule has 0 aromatic carbocycles. The van der Waals surface area contributed by atoms with Gasteiger partial charge in [-0.2, -0.15) is 0 Å². The predicted octanol–water partition coefficient (Wildman–Crippen LogP) is 1.20. The molecule has 0 atom stereocenters. The maximum atomic E-state index is 9.98. The lowest BCUT2D eigenvalue weighted by molar-refractivity contribution is -0.131. The van der Waals surface area contributed by atoms with Gasteiger partial charge in [-0.3, -0.25) is 0 Å². The lowest BCUT2D eigenvalue weighted by Crippen LogP contribution is -1.83. The third-order valence-electron chi connectivity index (χ3n) is 0.446. The number of rotatable bonds is 2. The van der Waals surface area contributed by atoms with Crippen molar-refractivity contribution in [3.05, 3.63) is 24.3 Å². The van der Waals surface area contributed by atoms with Gasteiger partial charge in [0.2, 0.25) is 0 Å². The van der Waals surface area contributed by atoms with Crippen LogP contribution in [0.2, 0.25) is 0 Å². The molecule has 2 nitrogen and oxygen atoms in total. The molecular weight excluding hydrogens is 104 g/mol. The van der Waals surface area contributed by atoms with E-state index in [-0.39, 0.29) is 6.05 Å². The number of allylic oxidation sites excluding steroid dienone is 3. The Morgan fingerprint density at radius 2 is 2.50 bits per heavy atom. The molecule has 0 aliphatic heterocycles. The zero-order valence-electron chi connectivity index (χ0n) is 6.51. The Morgan fingerprint density at radius 1 is 1.88 bits per heavy atom. The molecule has 0 radical (unpaired) electrons. The zero-order valence-corrected chi connectivity index (χ0v) is 4.51. The van der Waals surface area contributed by atoms with Crippen LogP contribution in [-0.4, -0.2) is 11.1 Å². The Balaban J connectivity index is 4.31. The Kier molecular flexibility index (Phi) is 2.00. The average molecular weight is 114 g/mol. The lowest BCUT2D eigenvalue weighted by atomic mass is 10.4. The Morgan fingerprint density at radius 3 is 2.88 bits per heavy atom. The fraction of sp³-hybridized carbons (Fsp3) is 0.167. The second-order valence-corrected chi connectivity index (χ2v) is 1.05. The summed E-state index contributed by atoms with van der Waals surface area (Å²) in [7, 11) is 0. The number of carboxylic acids is 1. The van der Waals surface area contributed by atoms with E-state index in [0.717, 1.165) is 6.08 Å². The molecule has 1 N–H and O–H groups in total. The molecule has 0 aromatic heterocycles. The lowest BCUT2D eigenvalue weighted by Gasteiger charge is -1.72. The molecule has 0 rings (SSSR count). The summed E-state index contributed by atoms with van der Waals surface area (Å²) in [5, 5.41) is 8.16. The summed E-state index contributed by atoms with van der Waals surface area (Å²) < 4.78 is 13.7. The van der Waals surface area contributed by atoms with Crippen molar-refractivity contribution in [3.8, 4) is 0 Å². The first-order chi connectivity index (χ1) is 4.57. The molecule has 0 amide bonds. The van der Waals surface area contributed by atoms with Crippen molar-refractivity contribution in [1.82, 2.24) is 0 Å². The van der Waals surface area contributed by atoms with Crippen LogP contribution in [0.1, 0.15) is 9.67 Å². The van der Waals surface area contributed by atoms with Gasteiger partial charge in [0.1, 0.15) is 0 Å². The van der Waals surface area contributed by atoms with Crippen LogP contribution in [0, 0.1) is 0 Å². The number of aliphatic carboxylic acids is 1. The molecule has 0 saturated heterocycles. The maximum absolute atomic E-state index is 9.98. The largest absolute Gasteiger partial charge is 0.478 e. The van der Waals surface area contributed by atoms with E-state index in [1.807, 2.05) is 0 Å². The van der Waals surface area contributed by atoms with Gasteiger partial charge in [-0.25, -0.2) is 4.79 Å². The third-order valence-corrected chi connectivity index (χ3v) is 0.446. The number of carbonyl (C=O) groups is 1. The molecule has 0 aliphatic carbocycles. The monoisotopic (exact) mass is 114 g/mol. The van der Waals surface area contributed by atoms with Crippen molar-refractivity contribution in [2.75, 3.05) is 0 Å². The molecule has 0 aliphatic rings. The Hall–Kier alpha value is -1.05. The van der Waals surface area contributed by atoms with Gasteiger partial charge < -0.3 is 5.11 Å². The summed E-state index contributed by atoms with van der Waals surface area (Å²) >= 11 is 0. The van der Waals surface area contributed by atoms with Crippen LogP contribution < -0.4 is 0 Å². The van der Waals surface area contributed by atoms with Crippen LogP contribution in [0.5, 0.6) is 0 Å². The minimum atomic E-state index is -1.31. The highest BCUT2D eigenvalue weighted by atomic mass is 16.4. The number of hydrogen-bond acceptors (Lipinski definition) is 1. The Labute approximate surface area is 51.0 Å². The molecule has 44 valence electrons. The first kappa shape index (κ1) is 3.89. The molecule has 0 fully saturated rings. The van der Waals surface area contributed by atoms with Crippen LogP contribution in [0.15, 0.2) is 24.3 Å². The first-order valence-corrected chi connectivity index (χ1v) is 2.12. The van der Waals surface area contributed by atoms with Gasteiger partial charge in [0.15, 0.2) is 0 Å². The predicted molar refractivity (Wildman–Crippen MR) is 31.6 cm³/mol. The van der Waals surface area contributed by atoms with E-state index in [1.54, 1.807) is 6.92 Å². The van der Waals surface area contributed by atoms with Gasteiger partial charge >= 0.3 is 5.97 Å². The fourth-order valence-corrected chi connectivity index (χ4v) is 0.187. The van der Waals surface area contributed by atoms with E-state index >= 15 is 0 Å². The molecule has 0 spiro atoms. The third kappa shape index (κ3) is 4.95. The molecular formula is C6H8O2. The molecule has 0 saturated carbocycles. The van der Waals surface area contributed by atoms with Gasteiger partial charge in [0.05, 0.1) is 2.74 Å². The summed E-state index contributed by atoms with van der Waals surface area (Å²) in [6, 6.07) is -0.532. The van der Waals surface area contributed by atoms with Crippen LogP contribution in [0.3, 0.4) is 0 Å². The van der Waals surface area contributed by atoms with Crippen molar-refractivity contribution in [2.24, 2.45) is 0 Å². The van der Waals surface area contributed by atoms with Gasteiger partial charge in [-0.05, 0) is 6.92 Å². The van der Waals surface area contributed by atoms with E-state index in [0.29, 0.717) is 0 Å². The first-order valence-electron chi connectivity index (χ1n) is 3.12. The van der Waals surface area contributed by atoms with Gasteiger partial charge in [0, 0.05) is 6.05 Å². The molecule has 2 heteroatoms. The summed E-state index contributed by atoms with van der Waals surface area (Å²) in [5.74, 6) is -1.31. The van der Waals surface area contributed by atoms with Crippen LogP contribution >= 0.6 is 0 Å². The van der Waals surface area contributed by atoms with E-state index in [9.17, 15) is 4.79 Å². The van der Waals surface area contributed by atoms with E-state index in [1.165, 1.54) is 6.08 Å². The maximum Gasteiger partial charge on any atom is 0.328 e. The van der Waals surface area contributed by atoms with E-state index in [2.05, 4.69) is 0 Å². The van der Waals surface area contributed by atoms with Crippen molar-refractivity contribution < 1.29 is 12.6 Å². The van der Waals surface area contributed by atoms with E-state index in [4.69, 9.17) is 7.85 Å².